The van der Waals surface area contributed by atoms with Gasteiger partial charge in [0.1, 0.15) is 23.2 Å². The number of anilines is 1. The average Bonchev–Trinajstić information content (AvgIpc) is 2.77. The first-order chi connectivity index (χ1) is 16.0. The van der Waals surface area contributed by atoms with Crippen molar-refractivity contribution in [1.29, 1.82) is 0 Å². The van der Waals surface area contributed by atoms with E-state index >= 15 is 0 Å². The summed E-state index contributed by atoms with van der Waals surface area (Å²) in [4.78, 5) is 27.2. The monoisotopic (exact) mass is 475 g/mol. The normalized spacial score (nSPS) is 14.9. The van der Waals surface area contributed by atoms with Gasteiger partial charge in [0.25, 0.3) is 11.5 Å². The van der Waals surface area contributed by atoms with Crippen molar-refractivity contribution in [3.05, 3.63) is 63.9 Å². The summed E-state index contributed by atoms with van der Waals surface area (Å²) in [6.45, 7) is 2.95. The Bertz CT molecular complexity index is 1280. The zero-order chi connectivity index (χ0) is 24.6. The van der Waals surface area contributed by atoms with E-state index in [0.29, 0.717) is 42.9 Å². The molecule has 1 saturated heterocycles. The number of carbonyl (C=O) groups excluding carboxylic acids is 1. The molecule has 2 aromatic carbocycles. The maximum absolute atomic E-state index is 12.9. The standard InChI is InChI=1S/C24H24F3N3O4/c1-14-3-8-19-18(13-14)21(20(22(28)31)23(32)29(19)2)30-11-9-16(10-12-30)33-15-4-6-17(7-5-15)34-24(25,26)27/h3-8,13,16H,9-12H2,1-2H3,(H2,28,31). The van der Waals surface area contributed by atoms with Gasteiger partial charge in [0.05, 0.1) is 11.2 Å². The highest BCUT2D eigenvalue weighted by Gasteiger charge is 2.31. The van der Waals surface area contributed by atoms with Crippen LogP contribution < -0.4 is 25.7 Å². The predicted molar refractivity (Wildman–Crippen MR) is 121 cm³/mol. The smallest absolute Gasteiger partial charge is 0.490 e. The second kappa shape index (κ2) is 8.92. The van der Waals surface area contributed by atoms with Gasteiger partial charge in [-0.25, -0.2) is 0 Å². The molecule has 1 amide bonds. The van der Waals surface area contributed by atoms with Crippen molar-refractivity contribution in [2.45, 2.75) is 32.2 Å². The Labute approximate surface area is 193 Å². The molecule has 3 aromatic rings. The summed E-state index contributed by atoms with van der Waals surface area (Å²) in [5.74, 6) is -0.666. The van der Waals surface area contributed by atoms with E-state index in [4.69, 9.17) is 10.5 Å². The van der Waals surface area contributed by atoms with Crippen LogP contribution in [0.2, 0.25) is 0 Å². The first-order valence-electron chi connectivity index (χ1n) is 10.7. The van der Waals surface area contributed by atoms with E-state index in [2.05, 4.69) is 4.74 Å². The third kappa shape index (κ3) is 4.80. The Morgan fingerprint density at radius 2 is 1.68 bits per heavy atom. The number of ether oxygens (including phenoxy) is 2. The van der Waals surface area contributed by atoms with E-state index in [1.807, 2.05) is 30.0 Å². The minimum absolute atomic E-state index is 0.0415. The van der Waals surface area contributed by atoms with Crippen molar-refractivity contribution in [2.75, 3.05) is 18.0 Å². The van der Waals surface area contributed by atoms with E-state index in [1.165, 1.54) is 28.8 Å². The summed E-state index contributed by atoms with van der Waals surface area (Å²) < 4.78 is 48.2. The van der Waals surface area contributed by atoms with Gasteiger partial charge in [-0.05, 0) is 43.3 Å². The first-order valence-corrected chi connectivity index (χ1v) is 10.7. The predicted octanol–water partition coefficient (Wildman–Crippen LogP) is 3.89. The molecule has 2 heterocycles. The maximum Gasteiger partial charge on any atom is 0.573 e. The number of nitrogens with two attached hydrogens (primary N) is 1. The van der Waals surface area contributed by atoms with Gasteiger partial charge in [-0.1, -0.05) is 11.6 Å². The number of hydrogen-bond donors (Lipinski definition) is 1. The van der Waals surface area contributed by atoms with Crippen LogP contribution in [0, 0.1) is 6.92 Å². The molecule has 34 heavy (non-hydrogen) atoms. The van der Waals surface area contributed by atoms with Crippen molar-refractivity contribution in [3.63, 3.8) is 0 Å². The molecule has 10 heteroatoms. The molecule has 7 nitrogen and oxygen atoms in total. The Hall–Kier alpha value is -3.69. The molecule has 0 spiro atoms. The summed E-state index contributed by atoms with van der Waals surface area (Å²) in [6, 6.07) is 10.9. The molecule has 0 atom stereocenters. The van der Waals surface area contributed by atoms with E-state index in [1.54, 1.807) is 7.05 Å². The van der Waals surface area contributed by atoms with Crippen LogP contribution in [-0.4, -0.2) is 36.0 Å². The number of alkyl halides is 3. The lowest BCUT2D eigenvalue weighted by molar-refractivity contribution is -0.274. The Morgan fingerprint density at radius 1 is 1.06 bits per heavy atom. The number of piperidine rings is 1. The highest BCUT2D eigenvalue weighted by molar-refractivity contribution is 6.07. The zero-order valence-corrected chi connectivity index (χ0v) is 18.7. The van der Waals surface area contributed by atoms with Crippen LogP contribution in [0.15, 0.2) is 47.3 Å². The molecule has 1 aliphatic heterocycles. The van der Waals surface area contributed by atoms with Crippen LogP contribution in [0.5, 0.6) is 11.5 Å². The Morgan fingerprint density at radius 3 is 2.26 bits per heavy atom. The average molecular weight is 475 g/mol. The number of nitrogens with zero attached hydrogens (tertiary/aromatic N) is 2. The molecule has 0 bridgehead atoms. The van der Waals surface area contributed by atoms with Crippen molar-refractivity contribution >= 4 is 22.5 Å². The number of aromatic nitrogens is 1. The number of primary amides is 1. The number of hydrogen-bond acceptors (Lipinski definition) is 5. The molecular formula is C24H24F3N3O4. The summed E-state index contributed by atoms with van der Waals surface area (Å²) in [7, 11) is 1.61. The molecule has 0 saturated carbocycles. The van der Waals surface area contributed by atoms with Gasteiger partial charge < -0.3 is 24.7 Å². The van der Waals surface area contributed by atoms with Crippen LogP contribution in [-0.2, 0) is 7.05 Å². The fourth-order valence-corrected chi connectivity index (χ4v) is 4.31. The van der Waals surface area contributed by atoms with Crippen molar-refractivity contribution in [2.24, 2.45) is 12.8 Å². The molecule has 0 radical (unpaired) electrons. The molecule has 4 rings (SSSR count). The number of pyridine rings is 1. The van der Waals surface area contributed by atoms with Gasteiger partial charge in [0.15, 0.2) is 0 Å². The molecular weight excluding hydrogens is 451 g/mol. The number of rotatable bonds is 5. The topological polar surface area (TPSA) is 86.8 Å². The van der Waals surface area contributed by atoms with Gasteiger partial charge >= 0.3 is 6.36 Å². The Kier molecular flexibility index (Phi) is 6.16. The highest BCUT2D eigenvalue weighted by Crippen LogP contribution is 2.33. The Balaban J connectivity index is 1.54. The van der Waals surface area contributed by atoms with Gasteiger partial charge in [-0.2, -0.15) is 0 Å². The number of halogens is 3. The van der Waals surface area contributed by atoms with Crippen LogP contribution >= 0.6 is 0 Å². The van der Waals surface area contributed by atoms with Crippen LogP contribution in [0.1, 0.15) is 28.8 Å². The van der Waals surface area contributed by atoms with E-state index in [0.717, 1.165) is 10.9 Å². The second-order valence-electron chi connectivity index (χ2n) is 8.30. The lowest BCUT2D eigenvalue weighted by atomic mass is 10.0. The third-order valence-electron chi connectivity index (χ3n) is 5.89. The molecule has 180 valence electrons. The minimum Gasteiger partial charge on any atom is -0.490 e. The molecule has 0 aliphatic carbocycles. The largest absolute Gasteiger partial charge is 0.573 e. The van der Waals surface area contributed by atoms with E-state index < -0.39 is 17.8 Å². The lowest BCUT2D eigenvalue weighted by Crippen LogP contribution is -2.41. The molecule has 1 fully saturated rings. The molecule has 0 unspecified atom stereocenters. The highest BCUT2D eigenvalue weighted by atomic mass is 19.4. The summed E-state index contributed by atoms with van der Waals surface area (Å²) in [5.41, 5.74) is 7.35. The summed E-state index contributed by atoms with van der Waals surface area (Å²) in [6.07, 6.45) is -3.76. The summed E-state index contributed by atoms with van der Waals surface area (Å²) >= 11 is 0. The van der Waals surface area contributed by atoms with Crippen LogP contribution in [0.3, 0.4) is 0 Å². The number of aryl methyl sites for hydroxylation is 2. The van der Waals surface area contributed by atoms with Crippen molar-refractivity contribution in [3.8, 4) is 11.5 Å². The molecule has 2 N–H and O–H groups in total. The van der Waals surface area contributed by atoms with Gasteiger partial charge in [-0.3, -0.25) is 9.59 Å². The van der Waals surface area contributed by atoms with E-state index in [9.17, 15) is 22.8 Å². The van der Waals surface area contributed by atoms with Crippen LogP contribution in [0.25, 0.3) is 10.9 Å². The fourth-order valence-electron chi connectivity index (χ4n) is 4.31. The number of benzene rings is 2. The van der Waals surface area contributed by atoms with Crippen molar-refractivity contribution in [1.82, 2.24) is 4.57 Å². The minimum atomic E-state index is -4.75. The van der Waals surface area contributed by atoms with Crippen molar-refractivity contribution < 1.29 is 27.4 Å². The SMILES string of the molecule is Cc1ccc2c(c1)c(N1CCC(Oc3ccc(OC(F)(F)F)cc3)CC1)c(C(N)=O)c(=O)n2C. The zero-order valence-electron chi connectivity index (χ0n) is 18.7. The van der Waals surface area contributed by atoms with Gasteiger partial charge in [-0.15, -0.1) is 13.2 Å². The quantitative estimate of drug-likeness (QED) is 0.605. The van der Waals surface area contributed by atoms with Gasteiger partial charge in [0.2, 0.25) is 0 Å². The lowest BCUT2D eigenvalue weighted by Gasteiger charge is -2.35. The molecule has 1 aliphatic rings. The number of amides is 1. The fraction of sp³-hybridized carbons (Fsp3) is 0.333. The second-order valence-corrected chi connectivity index (χ2v) is 8.30. The first kappa shape index (κ1) is 23.5. The molecule has 1 aromatic heterocycles. The van der Waals surface area contributed by atoms with Crippen LogP contribution in [0.4, 0.5) is 18.9 Å². The number of fused-ring (bicyclic) bond motifs is 1. The maximum atomic E-state index is 12.9. The van der Waals surface area contributed by atoms with E-state index in [-0.39, 0.29) is 17.4 Å². The number of carbonyl (C=O) groups is 1. The van der Waals surface area contributed by atoms with Gasteiger partial charge in [0, 0.05) is 38.4 Å². The summed E-state index contributed by atoms with van der Waals surface area (Å²) in [5, 5.41) is 0.774. The third-order valence-corrected chi connectivity index (χ3v) is 5.89.